The lowest BCUT2D eigenvalue weighted by atomic mass is 10.8. The van der Waals surface area contributed by atoms with E-state index in [2.05, 4.69) is 9.47 Å². The van der Waals surface area contributed by atoms with Gasteiger partial charge in [0.25, 0.3) is 6.47 Å². The molecule has 0 saturated heterocycles. The van der Waals surface area contributed by atoms with E-state index in [1.54, 1.807) is 0 Å². The molecule has 0 heterocycles. The van der Waals surface area contributed by atoms with Crippen molar-refractivity contribution in [2.45, 2.75) is 4.12 Å². The summed E-state index contributed by atoms with van der Waals surface area (Å²) >= 11 is 0.829. The SMILES string of the molecule is O=COCCOC(F)(F)I. The first-order chi connectivity index (χ1) is 4.56. The first-order valence-corrected chi connectivity index (χ1v) is 3.40. The zero-order valence-electron chi connectivity index (χ0n) is 4.85. The topological polar surface area (TPSA) is 35.5 Å². The second-order valence-electron chi connectivity index (χ2n) is 1.26. The van der Waals surface area contributed by atoms with Crippen LogP contribution in [0.5, 0.6) is 0 Å². The molecule has 0 bridgehead atoms. The Bertz CT molecular complexity index is 103. The number of hydrogen-bond acceptors (Lipinski definition) is 3. The van der Waals surface area contributed by atoms with Gasteiger partial charge >= 0.3 is 4.12 Å². The van der Waals surface area contributed by atoms with Crippen molar-refractivity contribution < 1.29 is 23.0 Å². The number of hydrogen-bond donors (Lipinski definition) is 0. The Morgan fingerprint density at radius 3 is 2.50 bits per heavy atom. The average molecular weight is 266 g/mol. The van der Waals surface area contributed by atoms with E-state index in [9.17, 15) is 13.6 Å². The molecule has 0 amide bonds. The van der Waals surface area contributed by atoms with Crippen LogP contribution in [0.1, 0.15) is 0 Å². The molecule has 0 aliphatic heterocycles. The van der Waals surface area contributed by atoms with Gasteiger partial charge in [-0.25, -0.2) is 0 Å². The molecule has 0 atom stereocenters. The van der Waals surface area contributed by atoms with E-state index >= 15 is 0 Å². The molecule has 60 valence electrons. The van der Waals surface area contributed by atoms with E-state index in [1.165, 1.54) is 0 Å². The molecule has 0 saturated carbocycles. The van der Waals surface area contributed by atoms with Crippen LogP contribution >= 0.6 is 22.6 Å². The maximum Gasteiger partial charge on any atom is 0.407 e. The van der Waals surface area contributed by atoms with Gasteiger partial charge in [0.2, 0.25) is 0 Å². The molecule has 0 radical (unpaired) electrons. The van der Waals surface area contributed by atoms with Crippen molar-refractivity contribution in [1.82, 2.24) is 0 Å². The fraction of sp³-hybridized carbons (Fsp3) is 0.750. The maximum absolute atomic E-state index is 11.8. The molecular formula is C4H5F2IO3. The lowest BCUT2D eigenvalue weighted by molar-refractivity contribution is -0.159. The van der Waals surface area contributed by atoms with E-state index in [0.29, 0.717) is 0 Å². The lowest BCUT2D eigenvalue weighted by Crippen LogP contribution is -2.14. The summed E-state index contributed by atoms with van der Waals surface area (Å²) in [5.41, 5.74) is 0. The minimum atomic E-state index is -3.18. The van der Waals surface area contributed by atoms with Gasteiger partial charge < -0.3 is 9.47 Å². The van der Waals surface area contributed by atoms with Crippen molar-refractivity contribution in [2.75, 3.05) is 13.2 Å². The summed E-state index contributed by atoms with van der Waals surface area (Å²) < 4.78 is 28.4. The predicted molar refractivity (Wildman–Crippen MR) is 36.9 cm³/mol. The number of carbonyl (C=O) groups excluding carboxylic acids is 1. The fourth-order valence-corrected chi connectivity index (χ4v) is 0.474. The normalized spacial score (nSPS) is 11.1. The quantitative estimate of drug-likeness (QED) is 0.324. The van der Waals surface area contributed by atoms with Gasteiger partial charge in [-0.05, 0) is 0 Å². The molecule has 0 rings (SSSR count). The summed E-state index contributed by atoms with van der Waals surface area (Å²) in [6.45, 7) is -0.272. The van der Waals surface area contributed by atoms with Crippen molar-refractivity contribution in [3.05, 3.63) is 0 Å². The van der Waals surface area contributed by atoms with Gasteiger partial charge in [0.15, 0.2) is 0 Å². The minimum Gasteiger partial charge on any atom is -0.465 e. The van der Waals surface area contributed by atoms with Crippen LogP contribution in [0.3, 0.4) is 0 Å². The summed E-state index contributed by atoms with van der Waals surface area (Å²) in [5, 5.41) is 0. The van der Waals surface area contributed by atoms with Crippen LogP contribution < -0.4 is 0 Å². The molecule has 6 heteroatoms. The second-order valence-corrected chi connectivity index (χ2v) is 2.52. The second kappa shape index (κ2) is 4.78. The summed E-state index contributed by atoms with van der Waals surface area (Å²) in [6.07, 6.45) is 0. The molecule has 0 spiro atoms. The van der Waals surface area contributed by atoms with Gasteiger partial charge in [-0.15, -0.1) is 0 Å². The zero-order valence-corrected chi connectivity index (χ0v) is 7.01. The highest BCUT2D eigenvalue weighted by Crippen LogP contribution is 2.22. The van der Waals surface area contributed by atoms with Crippen LogP contribution in [0.4, 0.5) is 8.78 Å². The first-order valence-electron chi connectivity index (χ1n) is 2.32. The average Bonchev–Trinajstić information content (AvgIpc) is 1.78. The Balaban J connectivity index is 3.12. The smallest absolute Gasteiger partial charge is 0.407 e. The van der Waals surface area contributed by atoms with Gasteiger partial charge in [0.05, 0.1) is 6.61 Å². The van der Waals surface area contributed by atoms with E-state index < -0.39 is 4.12 Å². The van der Waals surface area contributed by atoms with Crippen molar-refractivity contribution in [2.24, 2.45) is 0 Å². The number of ether oxygens (including phenoxy) is 2. The largest absolute Gasteiger partial charge is 0.465 e. The molecule has 0 aromatic rings. The highest BCUT2D eigenvalue weighted by molar-refractivity contribution is 14.1. The number of rotatable bonds is 5. The van der Waals surface area contributed by atoms with Crippen LogP contribution in [-0.2, 0) is 14.3 Å². The van der Waals surface area contributed by atoms with Crippen LogP contribution in [0.2, 0.25) is 0 Å². The predicted octanol–water partition coefficient (Wildman–Crippen LogP) is 1.16. The van der Waals surface area contributed by atoms with Crippen LogP contribution in [-0.4, -0.2) is 23.8 Å². The summed E-state index contributed by atoms with van der Waals surface area (Å²) in [5.74, 6) is 0. The monoisotopic (exact) mass is 266 g/mol. The van der Waals surface area contributed by atoms with Crippen LogP contribution in [0.25, 0.3) is 0 Å². The van der Waals surface area contributed by atoms with Crippen molar-refractivity contribution in [3.63, 3.8) is 0 Å². The third-order valence-electron chi connectivity index (χ3n) is 0.535. The highest BCUT2D eigenvalue weighted by Gasteiger charge is 2.23. The Morgan fingerprint density at radius 1 is 1.50 bits per heavy atom. The van der Waals surface area contributed by atoms with Gasteiger partial charge in [-0.1, -0.05) is 0 Å². The Hall–Kier alpha value is 0.0200. The molecule has 0 aliphatic carbocycles. The number of alkyl halides is 3. The van der Waals surface area contributed by atoms with Crippen molar-refractivity contribution in [1.29, 1.82) is 0 Å². The van der Waals surface area contributed by atoms with Gasteiger partial charge in [0.1, 0.15) is 6.61 Å². The standard InChI is InChI=1S/C4H5F2IO3/c5-4(6,7)10-2-1-9-3-8/h3H,1-2H2. The Labute approximate surface area is 69.8 Å². The molecule has 0 fully saturated rings. The summed E-state index contributed by atoms with van der Waals surface area (Å²) in [7, 11) is 0. The molecular weight excluding hydrogens is 261 g/mol. The van der Waals surface area contributed by atoms with Crippen LogP contribution in [0.15, 0.2) is 0 Å². The summed E-state index contributed by atoms with van der Waals surface area (Å²) in [6, 6.07) is 0. The van der Waals surface area contributed by atoms with Gasteiger partial charge in [0, 0.05) is 22.6 Å². The summed E-state index contributed by atoms with van der Waals surface area (Å²) in [4.78, 5) is 9.46. The first kappa shape index (κ1) is 10.0. The number of halogens is 3. The molecule has 3 nitrogen and oxygen atoms in total. The van der Waals surface area contributed by atoms with E-state index in [0.717, 1.165) is 22.6 Å². The lowest BCUT2D eigenvalue weighted by Gasteiger charge is -2.07. The van der Waals surface area contributed by atoms with Crippen molar-refractivity contribution >= 4 is 29.1 Å². The van der Waals surface area contributed by atoms with Crippen molar-refractivity contribution in [3.8, 4) is 0 Å². The molecule has 0 unspecified atom stereocenters. The minimum absolute atomic E-state index is 0.151. The van der Waals surface area contributed by atoms with E-state index in [-0.39, 0.29) is 19.7 Å². The molecule has 0 aromatic carbocycles. The van der Waals surface area contributed by atoms with Crippen LogP contribution in [0, 0.1) is 0 Å². The zero-order chi connectivity index (χ0) is 8.04. The molecule has 10 heavy (non-hydrogen) atoms. The fourth-order valence-electron chi connectivity index (χ4n) is 0.254. The Morgan fingerprint density at radius 2 is 2.10 bits per heavy atom. The highest BCUT2D eigenvalue weighted by atomic mass is 127. The Kier molecular flexibility index (Phi) is 4.79. The van der Waals surface area contributed by atoms with Gasteiger partial charge in [-0.2, -0.15) is 8.78 Å². The molecule has 0 aliphatic rings. The molecule has 0 N–H and O–H groups in total. The third-order valence-corrected chi connectivity index (χ3v) is 0.846. The van der Waals surface area contributed by atoms with E-state index in [4.69, 9.17) is 0 Å². The van der Waals surface area contributed by atoms with Gasteiger partial charge in [-0.3, -0.25) is 4.79 Å². The van der Waals surface area contributed by atoms with E-state index in [1.807, 2.05) is 0 Å². The maximum atomic E-state index is 11.8. The third kappa shape index (κ3) is 8.02. The number of carbonyl (C=O) groups is 1. The molecule has 0 aromatic heterocycles.